The number of anilines is 2. The first-order valence-electron chi connectivity index (χ1n) is 10.9. The molecule has 0 bridgehead atoms. The molecular formula is C25H26N6O2. The second kappa shape index (κ2) is 7.73. The largest absolute Gasteiger partial charge is 0.398 e. The van der Waals surface area contributed by atoms with Crippen molar-refractivity contribution in [1.82, 2.24) is 14.5 Å². The lowest BCUT2D eigenvalue weighted by Gasteiger charge is -2.28. The number of rotatable bonds is 4. The van der Waals surface area contributed by atoms with Gasteiger partial charge in [-0.05, 0) is 59.9 Å². The number of aliphatic hydroxyl groups is 2. The number of aryl methyl sites for hydroxylation is 1. The van der Waals surface area contributed by atoms with Gasteiger partial charge in [-0.15, -0.1) is 0 Å². The van der Waals surface area contributed by atoms with Crippen LogP contribution in [0.25, 0.3) is 26.8 Å². The predicted molar refractivity (Wildman–Crippen MR) is 129 cm³/mol. The van der Waals surface area contributed by atoms with Gasteiger partial charge in [-0.1, -0.05) is 19.1 Å². The van der Waals surface area contributed by atoms with Gasteiger partial charge >= 0.3 is 0 Å². The predicted octanol–water partition coefficient (Wildman–Crippen LogP) is 3.61. The second-order valence-electron chi connectivity index (χ2n) is 9.25. The van der Waals surface area contributed by atoms with Gasteiger partial charge < -0.3 is 26.2 Å². The summed E-state index contributed by atoms with van der Waals surface area (Å²) in [4.78, 5) is 12.2. The van der Waals surface area contributed by atoms with Crippen LogP contribution in [0.15, 0.2) is 48.8 Å². The number of pyridine rings is 2. The number of nitrogens with zero attached hydrogens (tertiary/aromatic N) is 4. The molecule has 3 aromatic heterocycles. The van der Waals surface area contributed by atoms with E-state index in [1.165, 1.54) is 0 Å². The lowest BCUT2D eigenvalue weighted by Crippen LogP contribution is -2.35. The average Bonchev–Trinajstić information content (AvgIpc) is 3.33. The number of aliphatic hydroxyl groups excluding tert-OH is 2. The number of hydrogen-bond donors (Lipinski definition) is 4. The number of nitrogen functional groups attached to an aromatic ring is 2. The van der Waals surface area contributed by atoms with Crippen LogP contribution in [-0.2, 0) is 6.42 Å². The van der Waals surface area contributed by atoms with Gasteiger partial charge in [-0.2, -0.15) is 0 Å². The summed E-state index contributed by atoms with van der Waals surface area (Å²) in [6, 6.07) is 11.0. The van der Waals surface area contributed by atoms with Gasteiger partial charge in [0.25, 0.3) is 0 Å². The fourth-order valence-electron chi connectivity index (χ4n) is 5.09. The molecule has 0 radical (unpaired) electrons. The molecule has 3 heterocycles. The van der Waals surface area contributed by atoms with Crippen LogP contribution in [0.4, 0.5) is 17.2 Å². The van der Waals surface area contributed by atoms with E-state index in [-0.39, 0.29) is 11.9 Å². The van der Waals surface area contributed by atoms with E-state index < -0.39 is 17.6 Å². The van der Waals surface area contributed by atoms with Crippen molar-refractivity contribution < 1.29 is 10.2 Å². The molecular weight excluding hydrogens is 416 g/mol. The summed E-state index contributed by atoms with van der Waals surface area (Å²) in [7, 11) is 0. The Morgan fingerprint density at radius 1 is 1.21 bits per heavy atom. The first kappa shape index (κ1) is 21.2. The number of aromatic nitrogens is 3. The maximum absolute atomic E-state index is 11.0. The van der Waals surface area contributed by atoms with Crippen molar-refractivity contribution in [3.05, 3.63) is 65.8 Å². The molecule has 6 N–H and O–H groups in total. The summed E-state index contributed by atoms with van der Waals surface area (Å²) in [5.41, 5.74) is 15.0. The van der Waals surface area contributed by atoms with E-state index in [9.17, 15) is 10.2 Å². The zero-order chi connectivity index (χ0) is 23.3. The van der Waals surface area contributed by atoms with Crippen LogP contribution >= 0.6 is 0 Å². The quantitative estimate of drug-likeness (QED) is 0.358. The monoisotopic (exact) mass is 442 g/mol. The van der Waals surface area contributed by atoms with E-state index in [0.29, 0.717) is 36.3 Å². The summed E-state index contributed by atoms with van der Waals surface area (Å²) in [6.45, 7) is 9.21. The van der Waals surface area contributed by atoms with Crippen molar-refractivity contribution in [2.45, 2.75) is 44.4 Å². The first-order valence-corrected chi connectivity index (χ1v) is 10.9. The van der Waals surface area contributed by atoms with E-state index in [0.717, 1.165) is 21.9 Å². The summed E-state index contributed by atoms with van der Waals surface area (Å²) < 4.78 is 1.93. The highest BCUT2D eigenvalue weighted by atomic mass is 16.3. The van der Waals surface area contributed by atoms with Gasteiger partial charge in [0.15, 0.2) is 0 Å². The molecule has 0 aliphatic heterocycles. The number of fused-ring (bicyclic) bond motifs is 2. The summed E-state index contributed by atoms with van der Waals surface area (Å²) in [6.07, 6.45) is 3.80. The molecule has 0 spiro atoms. The van der Waals surface area contributed by atoms with Crippen molar-refractivity contribution in [2.75, 3.05) is 11.5 Å². The molecule has 0 saturated heterocycles. The zero-order valence-corrected chi connectivity index (χ0v) is 18.3. The Morgan fingerprint density at radius 2 is 2.03 bits per heavy atom. The Kier molecular flexibility index (Phi) is 4.96. The van der Waals surface area contributed by atoms with Crippen molar-refractivity contribution in [3.63, 3.8) is 0 Å². The van der Waals surface area contributed by atoms with Crippen LogP contribution < -0.4 is 11.5 Å². The molecule has 4 atom stereocenters. The minimum atomic E-state index is -0.904. The van der Waals surface area contributed by atoms with E-state index in [1.807, 2.05) is 42.0 Å². The molecule has 8 nitrogen and oxygen atoms in total. The van der Waals surface area contributed by atoms with Crippen LogP contribution in [0.2, 0.25) is 0 Å². The van der Waals surface area contributed by atoms with Crippen LogP contribution in [-0.4, -0.2) is 37.0 Å². The van der Waals surface area contributed by atoms with Gasteiger partial charge in [-0.25, -0.2) is 14.8 Å². The van der Waals surface area contributed by atoms with Crippen LogP contribution in [0.1, 0.15) is 31.4 Å². The Labute approximate surface area is 191 Å². The van der Waals surface area contributed by atoms with Crippen molar-refractivity contribution >= 4 is 39.1 Å². The minimum Gasteiger partial charge on any atom is -0.398 e. The van der Waals surface area contributed by atoms with E-state index in [2.05, 4.69) is 14.8 Å². The SMILES string of the molecule is [C-]#[N+]c1cc2ccc(CC[C@@]3(C)C[C@@H](n4ccc5c(N)ccnc54)[C@H](O)[C@@H]3O)cc2nc1N. The Balaban J connectivity index is 1.38. The number of nitrogens with two attached hydrogens (primary N) is 2. The molecule has 1 fully saturated rings. The van der Waals surface area contributed by atoms with Crippen LogP contribution in [0.5, 0.6) is 0 Å². The highest BCUT2D eigenvalue weighted by Gasteiger charge is 2.50. The van der Waals surface area contributed by atoms with Gasteiger partial charge in [0.05, 0.1) is 24.2 Å². The Bertz CT molecular complexity index is 1410. The number of hydrogen-bond acceptors (Lipinski definition) is 6. The van der Waals surface area contributed by atoms with Crippen LogP contribution in [0.3, 0.4) is 0 Å². The third kappa shape index (κ3) is 3.46. The van der Waals surface area contributed by atoms with E-state index in [1.54, 1.807) is 18.3 Å². The Morgan fingerprint density at radius 3 is 2.82 bits per heavy atom. The molecule has 0 amide bonds. The molecule has 4 aromatic rings. The van der Waals surface area contributed by atoms with Gasteiger partial charge in [0.1, 0.15) is 17.6 Å². The first-order chi connectivity index (χ1) is 15.8. The molecule has 33 heavy (non-hydrogen) atoms. The molecule has 1 aromatic carbocycles. The highest BCUT2D eigenvalue weighted by molar-refractivity contribution is 5.88. The molecule has 1 aliphatic carbocycles. The maximum Gasteiger partial charge on any atom is 0.228 e. The fourth-order valence-corrected chi connectivity index (χ4v) is 5.09. The summed E-state index contributed by atoms with van der Waals surface area (Å²) >= 11 is 0. The third-order valence-corrected chi connectivity index (χ3v) is 7.11. The molecule has 1 aliphatic rings. The lowest BCUT2D eigenvalue weighted by atomic mass is 9.80. The minimum absolute atomic E-state index is 0.229. The van der Waals surface area contributed by atoms with Crippen LogP contribution in [0, 0.1) is 12.0 Å². The third-order valence-electron chi connectivity index (χ3n) is 7.11. The van der Waals surface area contributed by atoms with Crippen molar-refractivity contribution in [3.8, 4) is 0 Å². The average molecular weight is 443 g/mol. The van der Waals surface area contributed by atoms with Crippen molar-refractivity contribution in [2.24, 2.45) is 5.41 Å². The molecule has 0 unspecified atom stereocenters. The van der Waals surface area contributed by atoms with Gasteiger partial charge in [0, 0.05) is 23.5 Å². The highest BCUT2D eigenvalue weighted by Crippen LogP contribution is 2.48. The summed E-state index contributed by atoms with van der Waals surface area (Å²) in [5.74, 6) is 0.229. The molecule has 1 saturated carbocycles. The zero-order valence-electron chi connectivity index (χ0n) is 18.3. The van der Waals surface area contributed by atoms with E-state index in [4.69, 9.17) is 18.0 Å². The van der Waals surface area contributed by atoms with Gasteiger partial charge in [-0.3, -0.25) is 0 Å². The standard InChI is InChI=1S/C25H26N6O2/c1-25(8-5-14-3-4-15-12-19(28-2)23(27)30-18(15)11-14)13-20(21(32)22(25)33)31-10-7-16-17(26)6-9-29-24(16)31/h3-4,6-7,9-12,20-22,32-33H,5,8,13H2,1H3,(H2,26,29)(H2,27,30)/t20-,21+,22+,25+/m1/s1. The van der Waals surface area contributed by atoms with E-state index >= 15 is 0 Å². The topological polar surface area (TPSA) is 128 Å². The summed E-state index contributed by atoms with van der Waals surface area (Å²) in [5, 5.41) is 23.6. The molecule has 168 valence electrons. The second-order valence-corrected chi connectivity index (χ2v) is 9.25. The normalized spacial score (nSPS) is 25.0. The molecule has 5 rings (SSSR count). The van der Waals surface area contributed by atoms with Gasteiger partial charge in [0.2, 0.25) is 5.69 Å². The molecule has 8 heteroatoms. The van der Waals surface area contributed by atoms with Crippen molar-refractivity contribution in [1.29, 1.82) is 0 Å². The number of benzene rings is 1. The Hall–Kier alpha value is -3.67. The fraction of sp³-hybridized carbons (Fsp3) is 0.320. The lowest BCUT2D eigenvalue weighted by molar-refractivity contribution is -0.0241. The smallest absolute Gasteiger partial charge is 0.228 e. The maximum atomic E-state index is 11.0.